The molecule has 0 fully saturated rings. The van der Waals surface area contributed by atoms with E-state index >= 15 is 0 Å². The van der Waals surface area contributed by atoms with Crippen molar-refractivity contribution >= 4 is 0 Å². The summed E-state index contributed by atoms with van der Waals surface area (Å²) in [4.78, 5) is 0. The minimum atomic E-state index is 0. The van der Waals surface area contributed by atoms with Gasteiger partial charge in [-0.3, -0.25) is 0 Å². The Bertz CT molecular complexity index is 42.5. The third-order valence-corrected chi connectivity index (χ3v) is 1.50. The van der Waals surface area contributed by atoms with Crippen LogP contribution >= 0.6 is 0 Å². The Morgan fingerprint density at radius 1 is 0.900 bits per heavy atom. The summed E-state index contributed by atoms with van der Waals surface area (Å²) >= 11 is 0. The molecule has 0 saturated heterocycles. The van der Waals surface area contributed by atoms with E-state index < -0.39 is 0 Å². The van der Waals surface area contributed by atoms with E-state index in [0.717, 1.165) is 12.8 Å². The molecule has 0 rings (SSSR count). The molecular weight excluding hydrogens is 135 g/mol. The van der Waals surface area contributed by atoms with Crippen LogP contribution in [0.5, 0.6) is 0 Å². The van der Waals surface area contributed by atoms with E-state index in [2.05, 4.69) is 6.92 Å². The van der Waals surface area contributed by atoms with Gasteiger partial charge >= 0.3 is 29.6 Å². The van der Waals surface area contributed by atoms with Crippen molar-refractivity contribution in [2.75, 3.05) is 6.61 Å². The molecule has 0 aromatic carbocycles. The first kappa shape index (κ1) is 13.5. The topological polar surface area (TPSA) is 23.1 Å². The average molecular weight is 152 g/mol. The van der Waals surface area contributed by atoms with Gasteiger partial charge in [-0.05, 0) is 0 Å². The largest absolute Gasteiger partial charge is 1.00 e. The smallest absolute Gasteiger partial charge is 0.854 e. The second kappa shape index (κ2) is 12.6. The number of rotatable bonds is 6. The predicted molar refractivity (Wildman–Crippen MR) is 38.2 cm³/mol. The maximum atomic E-state index is 9.96. The Morgan fingerprint density at radius 2 is 1.40 bits per heavy atom. The zero-order valence-corrected chi connectivity index (χ0v) is 9.36. The van der Waals surface area contributed by atoms with Crippen LogP contribution in [0.15, 0.2) is 0 Å². The van der Waals surface area contributed by atoms with E-state index in [1.807, 2.05) is 0 Å². The van der Waals surface area contributed by atoms with Crippen LogP contribution in [0.1, 0.15) is 45.4 Å². The van der Waals surface area contributed by atoms with Gasteiger partial charge in [0.1, 0.15) is 0 Å². The van der Waals surface area contributed by atoms with Crippen molar-refractivity contribution < 1.29 is 34.7 Å². The Balaban J connectivity index is 0. The molecule has 0 unspecified atom stereocenters. The van der Waals surface area contributed by atoms with Crippen molar-refractivity contribution in [3.63, 3.8) is 0 Å². The minimum Gasteiger partial charge on any atom is -0.854 e. The molecule has 0 saturated carbocycles. The van der Waals surface area contributed by atoms with Crippen molar-refractivity contribution in [3.8, 4) is 0 Å². The summed E-state index contributed by atoms with van der Waals surface area (Å²) in [5.74, 6) is 0. The van der Waals surface area contributed by atoms with Crippen molar-refractivity contribution in [1.82, 2.24) is 0 Å². The van der Waals surface area contributed by atoms with E-state index in [4.69, 9.17) is 0 Å². The van der Waals surface area contributed by atoms with Crippen LogP contribution in [0, 0.1) is 0 Å². The molecule has 0 aromatic rings. The molecule has 1 nitrogen and oxygen atoms in total. The molecule has 10 heavy (non-hydrogen) atoms. The van der Waals surface area contributed by atoms with E-state index in [0.29, 0.717) is 0 Å². The molecule has 0 bridgehead atoms. The normalized spacial score (nSPS) is 9.00. The number of hydrogen-bond acceptors (Lipinski definition) is 1. The summed E-state index contributed by atoms with van der Waals surface area (Å²) in [5, 5.41) is 9.96. The van der Waals surface area contributed by atoms with Crippen LogP contribution in [0.2, 0.25) is 0 Å². The molecule has 0 N–H and O–H groups in total. The molecule has 0 aliphatic carbocycles. The zero-order chi connectivity index (χ0) is 6.95. The van der Waals surface area contributed by atoms with Gasteiger partial charge in [0.15, 0.2) is 0 Å². The molecule has 56 valence electrons. The van der Waals surface area contributed by atoms with E-state index in [9.17, 15) is 5.11 Å². The quantitative estimate of drug-likeness (QED) is 0.343. The first-order valence-corrected chi connectivity index (χ1v) is 4.00. The van der Waals surface area contributed by atoms with E-state index in [1.54, 1.807) is 0 Å². The Hall–Kier alpha value is 0.960. The van der Waals surface area contributed by atoms with Gasteiger partial charge in [0.2, 0.25) is 0 Å². The van der Waals surface area contributed by atoms with Crippen molar-refractivity contribution in [1.29, 1.82) is 0 Å². The van der Waals surface area contributed by atoms with Crippen LogP contribution in [-0.2, 0) is 0 Å². The maximum Gasteiger partial charge on any atom is 1.00 e. The predicted octanol–water partition coefficient (Wildman–Crippen LogP) is -1.29. The SMILES string of the molecule is CCCCCCCC[O-].[Na+]. The summed E-state index contributed by atoms with van der Waals surface area (Å²) < 4.78 is 0. The van der Waals surface area contributed by atoms with Crippen molar-refractivity contribution in [2.24, 2.45) is 0 Å². The zero-order valence-electron chi connectivity index (χ0n) is 7.36. The molecular formula is C8H17NaO. The molecule has 0 atom stereocenters. The molecule has 0 aliphatic heterocycles. The molecule has 0 amide bonds. The molecule has 0 radical (unpaired) electrons. The van der Waals surface area contributed by atoms with Gasteiger partial charge in [0, 0.05) is 0 Å². The summed E-state index contributed by atoms with van der Waals surface area (Å²) in [7, 11) is 0. The maximum absolute atomic E-state index is 9.96. The van der Waals surface area contributed by atoms with Crippen LogP contribution < -0.4 is 34.7 Å². The second-order valence-corrected chi connectivity index (χ2v) is 2.47. The molecule has 0 aromatic heterocycles. The average Bonchev–Trinajstić information content (AvgIpc) is 1.89. The van der Waals surface area contributed by atoms with Crippen LogP contribution in [0.3, 0.4) is 0 Å². The Kier molecular flexibility index (Phi) is 17.1. The van der Waals surface area contributed by atoms with Gasteiger partial charge in [0.25, 0.3) is 0 Å². The number of unbranched alkanes of at least 4 members (excludes halogenated alkanes) is 5. The standard InChI is InChI=1S/C8H17O.Na/c1-2-3-4-5-6-7-8-9;/h2-8H2,1H3;/q-1;+1. The number of hydrogen-bond donors (Lipinski definition) is 0. The van der Waals surface area contributed by atoms with E-state index in [1.165, 1.54) is 25.7 Å². The fourth-order valence-electron chi connectivity index (χ4n) is 0.882. The summed E-state index contributed by atoms with van der Waals surface area (Å²) in [6.45, 7) is 2.32. The molecule has 0 heterocycles. The van der Waals surface area contributed by atoms with Gasteiger partial charge in [0.05, 0.1) is 0 Å². The fourth-order valence-corrected chi connectivity index (χ4v) is 0.882. The van der Waals surface area contributed by atoms with Crippen LogP contribution in [0.4, 0.5) is 0 Å². The van der Waals surface area contributed by atoms with Gasteiger partial charge in [-0.2, -0.15) is 0 Å². The van der Waals surface area contributed by atoms with Crippen LogP contribution in [-0.4, -0.2) is 6.61 Å². The third-order valence-electron chi connectivity index (χ3n) is 1.50. The van der Waals surface area contributed by atoms with Gasteiger partial charge in [-0.25, -0.2) is 0 Å². The van der Waals surface area contributed by atoms with Crippen molar-refractivity contribution in [3.05, 3.63) is 0 Å². The summed E-state index contributed by atoms with van der Waals surface area (Å²) in [6, 6.07) is 0. The van der Waals surface area contributed by atoms with Gasteiger partial charge in [-0.1, -0.05) is 45.4 Å². The third kappa shape index (κ3) is 11.7. The summed E-state index contributed by atoms with van der Waals surface area (Å²) in [6.07, 6.45) is 7.22. The van der Waals surface area contributed by atoms with Gasteiger partial charge < -0.3 is 5.11 Å². The second-order valence-electron chi connectivity index (χ2n) is 2.47. The minimum absolute atomic E-state index is 0. The summed E-state index contributed by atoms with van der Waals surface area (Å²) in [5.41, 5.74) is 0. The molecule has 0 spiro atoms. The monoisotopic (exact) mass is 152 g/mol. The molecule has 2 heteroatoms. The first-order valence-electron chi connectivity index (χ1n) is 4.00. The van der Waals surface area contributed by atoms with Crippen LogP contribution in [0.25, 0.3) is 0 Å². The molecule has 0 aliphatic rings. The fraction of sp³-hybridized carbons (Fsp3) is 1.00. The van der Waals surface area contributed by atoms with E-state index in [-0.39, 0.29) is 36.2 Å². The first-order chi connectivity index (χ1) is 4.41. The Morgan fingerprint density at radius 3 is 1.90 bits per heavy atom. The van der Waals surface area contributed by atoms with Gasteiger partial charge in [-0.15, -0.1) is 6.61 Å². The Labute approximate surface area is 86.5 Å². The van der Waals surface area contributed by atoms with Crippen molar-refractivity contribution in [2.45, 2.75) is 45.4 Å².